The van der Waals surface area contributed by atoms with E-state index in [0.29, 0.717) is 18.8 Å². The van der Waals surface area contributed by atoms with Gasteiger partial charge in [0, 0.05) is 19.1 Å². The van der Waals surface area contributed by atoms with Crippen LogP contribution in [0.15, 0.2) is 24.2 Å². The monoisotopic (exact) mass is 485 g/mol. The van der Waals surface area contributed by atoms with E-state index >= 15 is 0 Å². The zero-order valence-corrected chi connectivity index (χ0v) is 20.4. The average Bonchev–Trinajstić information content (AvgIpc) is 3.27. The molecule has 0 amide bonds. The molecule has 3 aliphatic heterocycles. The number of hydrogen-bond acceptors (Lipinski definition) is 7. The van der Waals surface area contributed by atoms with Crippen LogP contribution in [0.4, 0.5) is 0 Å². The lowest BCUT2D eigenvalue weighted by Gasteiger charge is -2.48. The SMILES string of the molecule is CCC(OC1C2C=COC2C(OC)C2OC(C)=CC(=O)C12)C(=O)OCC[NH+]1CCCCC1.[Cl-]. The van der Waals surface area contributed by atoms with E-state index in [4.69, 9.17) is 23.7 Å². The van der Waals surface area contributed by atoms with Gasteiger partial charge in [-0.05, 0) is 38.7 Å². The summed E-state index contributed by atoms with van der Waals surface area (Å²) in [5, 5.41) is 0. The molecule has 7 atom stereocenters. The first kappa shape index (κ1) is 26.0. The third kappa shape index (κ3) is 5.56. The number of methoxy groups -OCH3 is 1. The van der Waals surface area contributed by atoms with Crippen molar-refractivity contribution in [3.8, 4) is 0 Å². The fourth-order valence-electron chi connectivity index (χ4n) is 5.49. The van der Waals surface area contributed by atoms with Gasteiger partial charge in [-0.3, -0.25) is 4.79 Å². The highest BCUT2D eigenvalue weighted by atomic mass is 35.5. The van der Waals surface area contributed by atoms with Gasteiger partial charge in [0.1, 0.15) is 31.5 Å². The summed E-state index contributed by atoms with van der Waals surface area (Å²) in [6.45, 7) is 7.14. The van der Waals surface area contributed by atoms with Crippen molar-refractivity contribution in [1.82, 2.24) is 0 Å². The van der Waals surface area contributed by atoms with Gasteiger partial charge in [-0.2, -0.15) is 0 Å². The van der Waals surface area contributed by atoms with Crippen LogP contribution < -0.4 is 17.3 Å². The highest BCUT2D eigenvalue weighted by molar-refractivity contribution is 5.94. The number of halogens is 1. The molecule has 0 spiro atoms. The number of rotatable bonds is 8. The van der Waals surface area contributed by atoms with Crippen LogP contribution in [0.3, 0.4) is 0 Å². The number of ether oxygens (including phenoxy) is 5. The fraction of sp³-hybridized carbons (Fsp3) is 0.750. The lowest BCUT2D eigenvalue weighted by atomic mass is 9.71. The Morgan fingerprint density at radius 2 is 1.97 bits per heavy atom. The van der Waals surface area contributed by atoms with E-state index in [1.54, 1.807) is 20.3 Å². The number of likely N-dealkylation sites (tertiary alicyclic amines) is 1. The molecule has 4 aliphatic rings. The van der Waals surface area contributed by atoms with Crippen molar-refractivity contribution in [2.75, 3.05) is 33.4 Å². The molecule has 0 bridgehead atoms. The van der Waals surface area contributed by atoms with Crippen LogP contribution in [0.5, 0.6) is 0 Å². The molecule has 33 heavy (non-hydrogen) atoms. The summed E-state index contributed by atoms with van der Waals surface area (Å²) in [6.07, 6.45) is 6.68. The number of carbonyl (C=O) groups is 2. The molecule has 186 valence electrons. The fourth-order valence-corrected chi connectivity index (χ4v) is 5.49. The van der Waals surface area contributed by atoms with Crippen molar-refractivity contribution in [1.29, 1.82) is 0 Å². The van der Waals surface area contributed by atoms with Crippen molar-refractivity contribution < 1.29 is 50.6 Å². The largest absolute Gasteiger partial charge is 1.00 e. The van der Waals surface area contributed by atoms with Gasteiger partial charge >= 0.3 is 5.97 Å². The van der Waals surface area contributed by atoms with Crippen LogP contribution in [-0.2, 0) is 33.3 Å². The molecule has 1 aliphatic carbocycles. The molecular formula is C24H36ClNO7. The van der Waals surface area contributed by atoms with Gasteiger partial charge in [0.05, 0.1) is 37.1 Å². The minimum Gasteiger partial charge on any atom is -1.00 e. The number of ketones is 1. The van der Waals surface area contributed by atoms with Crippen molar-refractivity contribution in [3.63, 3.8) is 0 Å². The van der Waals surface area contributed by atoms with Crippen LogP contribution in [0.1, 0.15) is 39.5 Å². The Hall–Kier alpha value is -1.61. The third-order valence-electron chi connectivity index (χ3n) is 7.13. The summed E-state index contributed by atoms with van der Waals surface area (Å²) in [6, 6.07) is 0. The maximum atomic E-state index is 13.0. The summed E-state index contributed by atoms with van der Waals surface area (Å²) in [4.78, 5) is 27.3. The smallest absolute Gasteiger partial charge is 0.335 e. The van der Waals surface area contributed by atoms with Crippen molar-refractivity contribution >= 4 is 11.8 Å². The van der Waals surface area contributed by atoms with E-state index in [1.807, 2.05) is 13.0 Å². The molecule has 0 aromatic carbocycles. The quantitative estimate of drug-likeness (QED) is 0.391. The van der Waals surface area contributed by atoms with Crippen LogP contribution in [-0.4, -0.2) is 75.6 Å². The summed E-state index contributed by atoms with van der Waals surface area (Å²) < 4.78 is 29.4. The van der Waals surface area contributed by atoms with Crippen LogP contribution >= 0.6 is 0 Å². The summed E-state index contributed by atoms with van der Waals surface area (Å²) in [5.41, 5.74) is 0. The number of quaternary nitrogens is 1. The normalized spacial score (nSPS) is 34.2. The average molecular weight is 486 g/mol. The molecule has 3 heterocycles. The standard InChI is InChI=1S/C24H35NO7.ClH/c1-4-18(24(27)30-13-11-25-9-6-5-7-10-25)32-20-16-8-12-29-21(16)23(28-3)22-19(20)17(26)14-15(2)31-22;/h8,12,14,16,18-23H,4-7,9-11,13H2,1-3H3;1H. The zero-order valence-electron chi connectivity index (χ0n) is 19.7. The number of fused-ring (bicyclic) bond motifs is 2. The predicted molar refractivity (Wildman–Crippen MR) is 115 cm³/mol. The molecule has 1 saturated heterocycles. The topological polar surface area (TPSA) is 84.7 Å². The van der Waals surface area contributed by atoms with Gasteiger partial charge in [-0.25, -0.2) is 4.79 Å². The van der Waals surface area contributed by atoms with Crippen molar-refractivity contribution in [2.45, 2.75) is 70.1 Å². The van der Waals surface area contributed by atoms with E-state index in [2.05, 4.69) is 0 Å². The Morgan fingerprint density at radius 3 is 2.67 bits per heavy atom. The molecule has 8 nitrogen and oxygen atoms in total. The van der Waals surface area contributed by atoms with Gasteiger partial charge in [0.25, 0.3) is 0 Å². The van der Waals surface area contributed by atoms with Gasteiger partial charge in [0.2, 0.25) is 0 Å². The van der Waals surface area contributed by atoms with E-state index in [9.17, 15) is 9.59 Å². The van der Waals surface area contributed by atoms with E-state index in [1.165, 1.54) is 30.2 Å². The lowest BCUT2D eigenvalue weighted by Crippen LogP contribution is -3.13. The Morgan fingerprint density at radius 1 is 1.21 bits per heavy atom. The Bertz CT molecular complexity index is 751. The Kier molecular flexibility index (Phi) is 9.21. The van der Waals surface area contributed by atoms with Gasteiger partial charge in [-0.1, -0.05) is 6.92 Å². The second-order valence-corrected chi connectivity index (χ2v) is 9.20. The molecule has 0 radical (unpaired) electrons. The number of hydrogen-bond donors (Lipinski definition) is 1. The number of carbonyl (C=O) groups excluding carboxylic acids is 2. The summed E-state index contributed by atoms with van der Waals surface area (Å²) in [7, 11) is 1.60. The molecule has 7 unspecified atom stereocenters. The van der Waals surface area contributed by atoms with Crippen molar-refractivity contribution in [3.05, 3.63) is 24.2 Å². The predicted octanol–water partition coefficient (Wildman–Crippen LogP) is -2.19. The van der Waals surface area contributed by atoms with Crippen LogP contribution in [0, 0.1) is 11.8 Å². The Balaban J connectivity index is 0.00000306. The van der Waals surface area contributed by atoms with Crippen LogP contribution in [0.25, 0.3) is 0 Å². The van der Waals surface area contributed by atoms with Gasteiger partial charge < -0.3 is 41.0 Å². The first-order chi connectivity index (χ1) is 15.5. The first-order valence-corrected chi connectivity index (χ1v) is 11.9. The second kappa shape index (κ2) is 11.7. The zero-order chi connectivity index (χ0) is 22.7. The second-order valence-electron chi connectivity index (χ2n) is 9.20. The molecular weight excluding hydrogens is 450 g/mol. The lowest BCUT2D eigenvalue weighted by molar-refractivity contribution is -0.905. The Labute approximate surface area is 202 Å². The van der Waals surface area contributed by atoms with E-state index < -0.39 is 30.3 Å². The first-order valence-electron chi connectivity index (χ1n) is 11.9. The van der Waals surface area contributed by atoms with E-state index in [0.717, 1.165) is 19.6 Å². The van der Waals surface area contributed by atoms with Crippen molar-refractivity contribution in [2.24, 2.45) is 11.8 Å². The van der Waals surface area contributed by atoms with Gasteiger partial charge in [-0.15, -0.1) is 0 Å². The maximum Gasteiger partial charge on any atom is 0.335 e. The number of nitrogens with one attached hydrogen (secondary N) is 1. The highest BCUT2D eigenvalue weighted by Crippen LogP contribution is 2.44. The molecule has 1 saturated carbocycles. The summed E-state index contributed by atoms with van der Waals surface area (Å²) >= 11 is 0. The third-order valence-corrected chi connectivity index (χ3v) is 7.13. The molecule has 0 aromatic rings. The molecule has 9 heteroatoms. The molecule has 2 fully saturated rings. The minimum atomic E-state index is -0.745. The van der Waals surface area contributed by atoms with E-state index in [-0.39, 0.29) is 36.2 Å². The summed E-state index contributed by atoms with van der Waals surface area (Å²) in [5.74, 6) is -0.671. The van der Waals surface area contributed by atoms with Crippen LogP contribution in [0.2, 0.25) is 0 Å². The highest BCUT2D eigenvalue weighted by Gasteiger charge is 2.58. The molecule has 0 aromatic heterocycles. The maximum absolute atomic E-state index is 13.0. The number of esters is 1. The number of allylic oxidation sites excluding steroid dienone is 2. The molecule has 1 N–H and O–H groups in total. The number of piperidine rings is 1. The van der Waals surface area contributed by atoms with Gasteiger partial charge in [0.15, 0.2) is 11.9 Å². The minimum absolute atomic E-state index is 0. The molecule has 4 rings (SSSR count).